The van der Waals surface area contributed by atoms with Crippen LogP contribution in [0.5, 0.6) is 0 Å². The first-order chi connectivity index (χ1) is 14.0. The van der Waals surface area contributed by atoms with Gasteiger partial charge in [0, 0.05) is 24.3 Å². The van der Waals surface area contributed by atoms with Crippen LogP contribution >= 0.6 is 0 Å². The number of aryl methyl sites for hydroxylation is 1. The molecule has 0 aliphatic heterocycles. The van der Waals surface area contributed by atoms with Gasteiger partial charge in [-0.2, -0.15) is 0 Å². The zero-order chi connectivity index (χ0) is 21.1. The van der Waals surface area contributed by atoms with E-state index < -0.39 is 0 Å². The number of nitrogens with one attached hydrogen (secondary N) is 3. The molecule has 0 spiro atoms. The lowest BCUT2D eigenvalue weighted by Crippen LogP contribution is -2.27. The number of amides is 3. The maximum atomic E-state index is 12.0. The summed E-state index contributed by atoms with van der Waals surface area (Å²) < 4.78 is 0. The van der Waals surface area contributed by atoms with E-state index in [0.717, 1.165) is 17.7 Å². The molecule has 0 fully saturated rings. The van der Waals surface area contributed by atoms with Crippen molar-refractivity contribution in [1.29, 1.82) is 0 Å². The quantitative estimate of drug-likeness (QED) is 0.427. The molecule has 2 aromatic carbocycles. The molecule has 0 saturated heterocycles. The second kappa shape index (κ2) is 11.4. The van der Waals surface area contributed by atoms with Crippen molar-refractivity contribution in [2.45, 2.75) is 32.6 Å². The van der Waals surface area contributed by atoms with Crippen molar-refractivity contribution in [3.05, 3.63) is 72.3 Å². The monoisotopic (exact) mass is 393 g/mol. The zero-order valence-electron chi connectivity index (χ0n) is 16.7. The predicted molar refractivity (Wildman–Crippen MR) is 116 cm³/mol. The van der Waals surface area contributed by atoms with Crippen LogP contribution in [0.25, 0.3) is 0 Å². The van der Waals surface area contributed by atoms with Crippen LogP contribution in [-0.2, 0) is 27.2 Å². The molecular formula is C23H27N3O3. The Labute approximate surface area is 171 Å². The number of benzene rings is 2. The Morgan fingerprint density at radius 3 is 2.03 bits per heavy atom. The first kappa shape index (κ1) is 21.9. The molecule has 0 atom stereocenters. The third-order valence-electron chi connectivity index (χ3n) is 4.32. The molecule has 6 heteroatoms. The molecule has 0 aromatic heterocycles. The smallest absolute Gasteiger partial charge is 0.247 e. The first-order valence-electron chi connectivity index (χ1n) is 9.68. The molecule has 6 nitrogen and oxygen atoms in total. The van der Waals surface area contributed by atoms with Gasteiger partial charge >= 0.3 is 0 Å². The van der Waals surface area contributed by atoms with Gasteiger partial charge in [0.2, 0.25) is 17.7 Å². The normalized spacial score (nSPS) is 10.1. The van der Waals surface area contributed by atoms with Crippen molar-refractivity contribution >= 4 is 29.1 Å². The Morgan fingerprint density at radius 1 is 0.862 bits per heavy atom. The van der Waals surface area contributed by atoms with Gasteiger partial charge in [0.1, 0.15) is 0 Å². The zero-order valence-corrected chi connectivity index (χ0v) is 16.7. The summed E-state index contributed by atoms with van der Waals surface area (Å²) in [6.45, 7) is 5.92. The van der Waals surface area contributed by atoms with Crippen LogP contribution in [0.15, 0.2) is 61.2 Å². The number of anilines is 2. The second-order valence-electron chi connectivity index (χ2n) is 6.62. The summed E-state index contributed by atoms with van der Waals surface area (Å²) in [4.78, 5) is 35.2. The molecule has 0 saturated carbocycles. The number of hydrogen-bond acceptors (Lipinski definition) is 3. The standard InChI is InChI=1S/C23H27N3O3/c1-3-17-7-11-20(12-8-17)26-22(28)6-5-15-24-23(29)16-18-9-13-19(14-10-18)25-21(27)4-2/h4,7-14H,2-3,5-6,15-16H2,1H3,(H,24,29)(H,25,27)(H,26,28). The highest BCUT2D eigenvalue weighted by atomic mass is 16.2. The number of hydrogen-bond donors (Lipinski definition) is 3. The topological polar surface area (TPSA) is 87.3 Å². The first-order valence-corrected chi connectivity index (χ1v) is 9.68. The van der Waals surface area contributed by atoms with Crippen molar-refractivity contribution < 1.29 is 14.4 Å². The van der Waals surface area contributed by atoms with Crippen LogP contribution in [-0.4, -0.2) is 24.3 Å². The maximum Gasteiger partial charge on any atom is 0.247 e. The van der Waals surface area contributed by atoms with Gasteiger partial charge in [0.05, 0.1) is 6.42 Å². The second-order valence-corrected chi connectivity index (χ2v) is 6.62. The lowest BCUT2D eigenvalue weighted by Gasteiger charge is -2.08. The molecule has 2 rings (SSSR count). The summed E-state index contributed by atoms with van der Waals surface area (Å²) in [5, 5.41) is 8.33. The minimum Gasteiger partial charge on any atom is -0.356 e. The SMILES string of the molecule is C=CC(=O)Nc1ccc(CC(=O)NCCCC(=O)Nc2ccc(CC)cc2)cc1. The Kier molecular flexibility index (Phi) is 8.63. The van der Waals surface area contributed by atoms with Crippen molar-refractivity contribution in [3.63, 3.8) is 0 Å². The van der Waals surface area contributed by atoms with Gasteiger partial charge in [0.25, 0.3) is 0 Å². The molecule has 0 heterocycles. The summed E-state index contributed by atoms with van der Waals surface area (Å²) in [7, 11) is 0. The van der Waals surface area contributed by atoms with E-state index in [1.807, 2.05) is 24.3 Å². The Hall–Kier alpha value is -3.41. The van der Waals surface area contributed by atoms with Crippen molar-refractivity contribution in [2.24, 2.45) is 0 Å². The highest BCUT2D eigenvalue weighted by Gasteiger charge is 2.06. The van der Waals surface area contributed by atoms with Gasteiger partial charge in [-0.1, -0.05) is 37.8 Å². The van der Waals surface area contributed by atoms with E-state index in [0.29, 0.717) is 25.1 Å². The molecule has 2 aromatic rings. The van der Waals surface area contributed by atoms with Crippen LogP contribution < -0.4 is 16.0 Å². The average molecular weight is 393 g/mol. The van der Waals surface area contributed by atoms with Crippen molar-refractivity contribution in [1.82, 2.24) is 5.32 Å². The number of carbonyl (C=O) groups is 3. The summed E-state index contributed by atoms with van der Waals surface area (Å²) in [5.41, 5.74) is 3.49. The lowest BCUT2D eigenvalue weighted by molar-refractivity contribution is -0.121. The summed E-state index contributed by atoms with van der Waals surface area (Å²) in [6, 6.07) is 14.8. The molecule has 0 aliphatic rings. The minimum absolute atomic E-state index is 0.0688. The van der Waals surface area contributed by atoms with E-state index in [1.54, 1.807) is 24.3 Å². The molecule has 0 bridgehead atoms. The Balaban J connectivity index is 1.65. The van der Waals surface area contributed by atoms with E-state index in [9.17, 15) is 14.4 Å². The molecule has 0 aliphatic carbocycles. The van der Waals surface area contributed by atoms with E-state index >= 15 is 0 Å². The summed E-state index contributed by atoms with van der Waals surface area (Å²) >= 11 is 0. The Bertz CT molecular complexity index is 843. The molecule has 3 N–H and O–H groups in total. The predicted octanol–water partition coefficient (Wildman–Crippen LogP) is 3.45. The number of rotatable bonds is 10. The molecule has 3 amide bonds. The highest BCUT2D eigenvalue weighted by Crippen LogP contribution is 2.11. The fourth-order valence-corrected chi connectivity index (χ4v) is 2.67. The van der Waals surface area contributed by atoms with Crippen LogP contribution in [0.1, 0.15) is 30.9 Å². The van der Waals surface area contributed by atoms with Gasteiger partial charge in [-0.05, 0) is 54.3 Å². The third-order valence-corrected chi connectivity index (χ3v) is 4.32. The molecule has 0 radical (unpaired) electrons. The fraction of sp³-hybridized carbons (Fsp3) is 0.261. The molecule has 152 valence electrons. The van der Waals surface area contributed by atoms with Crippen LogP contribution in [0.3, 0.4) is 0 Å². The van der Waals surface area contributed by atoms with E-state index in [2.05, 4.69) is 29.5 Å². The number of carbonyl (C=O) groups excluding carboxylic acids is 3. The van der Waals surface area contributed by atoms with Gasteiger partial charge in [-0.15, -0.1) is 0 Å². The van der Waals surface area contributed by atoms with Crippen LogP contribution in [0.2, 0.25) is 0 Å². The highest BCUT2D eigenvalue weighted by molar-refractivity contribution is 5.98. The molecule has 0 unspecified atom stereocenters. The molecule has 29 heavy (non-hydrogen) atoms. The fourth-order valence-electron chi connectivity index (χ4n) is 2.67. The summed E-state index contributed by atoms with van der Waals surface area (Å²) in [5.74, 6) is -0.457. The van der Waals surface area contributed by atoms with E-state index in [4.69, 9.17) is 0 Å². The van der Waals surface area contributed by atoms with Gasteiger partial charge in [-0.25, -0.2) is 0 Å². The van der Waals surface area contributed by atoms with Gasteiger partial charge in [-0.3, -0.25) is 14.4 Å². The maximum absolute atomic E-state index is 12.0. The summed E-state index contributed by atoms with van der Waals surface area (Å²) in [6.07, 6.45) is 3.31. The van der Waals surface area contributed by atoms with E-state index in [1.165, 1.54) is 11.6 Å². The lowest BCUT2D eigenvalue weighted by atomic mass is 10.1. The third kappa shape index (κ3) is 8.01. The van der Waals surface area contributed by atoms with Crippen molar-refractivity contribution in [2.75, 3.05) is 17.2 Å². The van der Waals surface area contributed by atoms with Crippen LogP contribution in [0, 0.1) is 0 Å². The Morgan fingerprint density at radius 2 is 1.45 bits per heavy atom. The van der Waals surface area contributed by atoms with Gasteiger partial charge < -0.3 is 16.0 Å². The van der Waals surface area contributed by atoms with Crippen LogP contribution in [0.4, 0.5) is 11.4 Å². The largest absolute Gasteiger partial charge is 0.356 e. The minimum atomic E-state index is -0.280. The van der Waals surface area contributed by atoms with E-state index in [-0.39, 0.29) is 24.1 Å². The van der Waals surface area contributed by atoms with Gasteiger partial charge in [0.15, 0.2) is 0 Å². The average Bonchev–Trinajstić information content (AvgIpc) is 2.73. The molecular weight excluding hydrogens is 366 g/mol. The van der Waals surface area contributed by atoms with Crippen molar-refractivity contribution in [3.8, 4) is 0 Å².